The van der Waals surface area contributed by atoms with Crippen molar-refractivity contribution >= 4 is 0 Å². The van der Waals surface area contributed by atoms with Crippen molar-refractivity contribution in [3.8, 4) is 5.75 Å². The van der Waals surface area contributed by atoms with Crippen molar-refractivity contribution in [2.75, 3.05) is 7.11 Å². The van der Waals surface area contributed by atoms with E-state index in [2.05, 4.69) is 12.3 Å². The van der Waals surface area contributed by atoms with Gasteiger partial charge in [-0.2, -0.15) is 0 Å². The lowest BCUT2D eigenvalue weighted by Crippen LogP contribution is -2.35. The maximum atomic E-state index is 13.5. The van der Waals surface area contributed by atoms with Gasteiger partial charge in [-0.3, -0.25) is 11.3 Å². The molecular weight excluding hydrogens is 243 g/mol. The molecule has 0 radical (unpaired) electrons. The van der Waals surface area contributed by atoms with Crippen molar-refractivity contribution in [3.05, 3.63) is 29.6 Å². The van der Waals surface area contributed by atoms with Gasteiger partial charge in [-0.25, -0.2) is 4.39 Å². The number of hydrogen-bond acceptors (Lipinski definition) is 3. The van der Waals surface area contributed by atoms with Crippen LogP contribution in [0.1, 0.15) is 44.2 Å². The van der Waals surface area contributed by atoms with Crippen molar-refractivity contribution < 1.29 is 9.13 Å². The third-order valence-corrected chi connectivity index (χ3v) is 4.25. The number of benzene rings is 1. The number of methoxy groups -OCH3 is 1. The van der Waals surface area contributed by atoms with Crippen LogP contribution in [0.25, 0.3) is 0 Å². The number of rotatable bonds is 4. The molecule has 1 saturated carbocycles. The summed E-state index contributed by atoms with van der Waals surface area (Å²) in [6.45, 7) is 2.29. The summed E-state index contributed by atoms with van der Waals surface area (Å²) in [5.41, 5.74) is 3.90. The maximum Gasteiger partial charge on any atom is 0.165 e. The Balaban J connectivity index is 2.17. The van der Waals surface area contributed by atoms with Gasteiger partial charge in [0.1, 0.15) is 0 Å². The van der Waals surface area contributed by atoms with Gasteiger partial charge >= 0.3 is 0 Å². The van der Waals surface area contributed by atoms with Crippen molar-refractivity contribution in [1.82, 2.24) is 5.43 Å². The quantitative estimate of drug-likeness (QED) is 0.650. The monoisotopic (exact) mass is 266 g/mol. The molecule has 4 heteroatoms. The molecular formula is C15H23FN2O. The summed E-state index contributed by atoms with van der Waals surface area (Å²) in [6.07, 6.45) is 4.80. The molecule has 1 atom stereocenters. The van der Waals surface area contributed by atoms with Crippen molar-refractivity contribution in [2.24, 2.45) is 17.7 Å². The number of nitrogens with two attached hydrogens (primary N) is 1. The number of hydrogen-bond donors (Lipinski definition) is 2. The highest BCUT2D eigenvalue weighted by Gasteiger charge is 2.27. The Bertz CT molecular complexity index is 417. The zero-order valence-corrected chi connectivity index (χ0v) is 11.7. The van der Waals surface area contributed by atoms with E-state index in [-0.39, 0.29) is 17.6 Å². The zero-order valence-electron chi connectivity index (χ0n) is 11.7. The van der Waals surface area contributed by atoms with Crippen LogP contribution in [0.2, 0.25) is 0 Å². The normalized spacial score (nSPS) is 25.1. The SMILES string of the molecule is COc1cc(C(NN)C2CCC(C)CC2)ccc1F. The Hall–Kier alpha value is -1.13. The van der Waals surface area contributed by atoms with E-state index in [1.807, 2.05) is 0 Å². The van der Waals surface area contributed by atoms with E-state index in [0.29, 0.717) is 5.92 Å². The van der Waals surface area contributed by atoms with Gasteiger partial charge in [0.2, 0.25) is 0 Å². The Morgan fingerprint density at radius 2 is 2.00 bits per heavy atom. The Morgan fingerprint density at radius 3 is 2.58 bits per heavy atom. The van der Waals surface area contributed by atoms with Gasteiger partial charge in [-0.05, 0) is 42.4 Å². The second-order valence-electron chi connectivity index (χ2n) is 5.56. The molecule has 106 valence electrons. The van der Waals surface area contributed by atoms with Crippen LogP contribution in [0.15, 0.2) is 18.2 Å². The molecule has 2 rings (SSSR count). The van der Waals surface area contributed by atoms with Crippen LogP contribution in [0.4, 0.5) is 4.39 Å². The van der Waals surface area contributed by atoms with Gasteiger partial charge in [0, 0.05) is 6.04 Å². The fourth-order valence-electron chi connectivity index (χ4n) is 2.99. The van der Waals surface area contributed by atoms with Crippen LogP contribution in [0.3, 0.4) is 0 Å². The molecule has 0 heterocycles. The van der Waals surface area contributed by atoms with Gasteiger partial charge in [-0.1, -0.05) is 25.8 Å². The van der Waals surface area contributed by atoms with Gasteiger partial charge < -0.3 is 4.74 Å². The highest BCUT2D eigenvalue weighted by Crippen LogP contribution is 2.37. The molecule has 0 aromatic heterocycles. The summed E-state index contributed by atoms with van der Waals surface area (Å²) >= 11 is 0. The summed E-state index contributed by atoms with van der Waals surface area (Å²) < 4.78 is 18.5. The van der Waals surface area contributed by atoms with Crippen LogP contribution < -0.4 is 16.0 Å². The third-order valence-electron chi connectivity index (χ3n) is 4.25. The molecule has 0 spiro atoms. The minimum atomic E-state index is -0.334. The summed E-state index contributed by atoms with van der Waals surface area (Å²) in [5.74, 6) is 6.97. The molecule has 1 fully saturated rings. The molecule has 3 nitrogen and oxygen atoms in total. The Labute approximate surface area is 114 Å². The van der Waals surface area contributed by atoms with E-state index >= 15 is 0 Å². The lowest BCUT2D eigenvalue weighted by atomic mass is 9.77. The first-order chi connectivity index (χ1) is 9.15. The highest BCUT2D eigenvalue weighted by molar-refractivity contribution is 5.32. The van der Waals surface area contributed by atoms with Gasteiger partial charge in [-0.15, -0.1) is 0 Å². The summed E-state index contributed by atoms with van der Waals surface area (Å²) in [6, 6.07) is 5.06. The van der Waals surface area contributed by atoms with Crippen LogP contribution >= 0.6 is 0 Å². The van der Waals surface area contributed by atoms with Crippen LogP contribution in [-0.2, 0) is 0 Å². The minimum Gasteiger partial charge on any atom is -0.494 e. The molecule has 1 unspecified atom stereocenters. The standard InChI is InChI=1S/C15H23FN2O/c1-10-3-5-11(6-4-10)15(18-17)12-7-8-13(16)14(9-12)19-2/h7-11,15,18H,3-6,17H2,1-2H3. The fraction of sp³-hybridized carbons (Fsp3) is 0.600. The van der Waals surface area contributed by atoms with E-state index in [1.165, 1.54) is 26.0 Å². The number of nitrogens with one attached hydrogen (secondary N) is 1. The van der Waals surface area contributed by atoms with Gasteiger partial charge in [0.15, 0.2) is 11.6 Å². The summed E-state index contributed by atoms with van der Waals surface area (Å²) in [4.78, 5) is 0. The first kappa shape index (κ1) is 14.3. The Morgan fingerprint density at radius 1 is 1.32 bits per heavy atom. The second-order valence-corrected chi connectivity index (χ2v) is 5.56. The molecule has 0 aliphatic heterocycles. The topological polar surface area (TPSA) is 47.3 Å². The van der Waals surface area contributed by atoms with Crippen LogP contribution in [0, 0.1) is 17.7 Å². The lowest BCUT2D eigenvalue weighted by molar-refractivity contribution is 0.232. The molecule has 0 amide bonds. The van der Waals surface area contributed by atoms with E-state index in [0.717, 1.165) is 24.3 Å². The fourth-order valence-corrected chi connectivity index (χ4v) is 2.99. The first-order valence-corrected chi connectivity index (χ1v) is 6.95. The van der Waals surface area contributed by atoms with Crippen molar-refractivity contribution in [3.63, 3.8) is 0 Å². The Kier molecular flexibility index (Phi) is 4.77. The highest BCUT2D eigenvalue weighted by atomic mass is 19.1. The van der Waals surface area contributed by atoms with E-state index < -0.39 is 0 Å². The van der Waals surface area contributed by atoms with Crippen molar-refractivity contribution in [2.45, 2.75) is 38.6 Å². The third kappa shape index (κ3) is 3.25. The molecule has 1 aromatic rings. The van der Waals surface area contributed by atoms with E-state index in [9.17, 15) is 4.39 Å². The largest absolute Gasteiger partial charge is 0.494 e. The average molecular weight is 266 g/mol. The molecule has 0 bridgehead atoms. The minimum absolute atomic E-state index is 0.0713. The summed E-state index contributed by atoms with van der Waals surface area (Å²) in [5, 5.41) is 0. The number of hydrazine groups is 1. The first-order valence-electron chi connectivity index (χ1n) is 6.95. The predicted octanol–water partition coefficient (Wildman–Crippen LogP) is 3.17. The van der Waals surface area contributed by atoms with Gasteiger partial charge in [0.25, 0.3) is 0 Å². The molecule has 3 N–H and O–H groups in total. The molecule has 1 aliphatic rings. The van der Waals surface area contributed by atoms with Crippen molar-refractivity contribution in [1.29, 1.82) is 0 Å². The zero-order chi connectivity index (χ0) is 13.8. The maximum absolute atomic E-state index is 13.5. The number of halogens is 1. The predicted molar refractivity (Wildman–Crippen MR) is 74.1 cm³/mol. The molecule has 1 aromatic carbocycles. The van der Waals surface area contributed by atoms with Gasteiger partial charge in [0.05, 0.1) is 7.11 Å². The average Bonchev–Trinajstić information content (AvgIpc) is 2.43. The smallest absolute Gasteiger partial charge is 0.165 e. The van der Waals surface area contributed by atoms with Crippen LogP contribution in [0.5, 0.6) is 5.75 Å². The molecule has 1 aliphatic carbocycles. The molecule has 0 saturated heterocycles. The van der Waals surface area contributed by atoms with E-state index in [4.69, 9.17) is 10.6 Å². The summed E-state index contributed by atoms with van der Waals surface area (Å²) in [7, 11) is 1.48. The second kappa shape index (κ2) is 6.35. The van der Waals surface area contributed by atoms with E-state index in [1.54, 1.807) is 12.1 Å². The lowest BCUT2D eigenvalue weighted by Gasteiger charge is -2.32. The molecule has 19 heavy (non-hydrogen) atoms. The van der Waals surface area contributed by atoms with Crippen LogP contribution in [-0.4, -0.2) is 7.11 Å². The number of ether oxygens (including phenoxy) is 1.